The number of hydrogen-bond donors (Lipinski definition) is 1. The van der Waals surface area contributed by atoms with E-state index in [2.05, 4.69) is 20.3 Å². The molecule has 1 atom stereocenters. The zero-order valence-electron chi connectivity index (χ0n) is 18.8. The Morgan fingerprint density at radius 3 is 2.82 bits per heavy atom. The Morgan fingerprint density at radius 2 is 2.15 bits per heavy atom. The van der Waals surface area contributed by atoms with Gasteiger partial charge in [0.05, 0.1) is 24.7 Å². The van der Waals surface area contributed by atoms with Crippen LogP contribution in [0, 0.1) is 6.92 Å². The molecular weight excluding hydrogens is 448 g/mol. The van der Waals surface area contributed by atoms with Crippen molar-refractivity contribution in [3.8, 4) is 5.88 Å². The fourth-order valence-electron chi connectivity index (χ4n) is 3.67. The molecular formula is C23H23F2N5O4. The summed E-state index contributed by atoms with van der Waals surface area (Å²) in [5, 5.41) is 2.74. The van der Waals surface area contributed by atoms with E-state index in [9.17, 15) is 18.4 Å². The molecule has 3 aromatic heterocycles. The fourth-order valence-corrected chi connectivity index (χ4v) is 3.67. The van der Waals surface area contributed by atoms with E-state index in [4.69, 9.17) is 9.15 Å². The highest BCUT2D eigenvalue weighted by Crippen LogP contribution is 2.34. The van der Waals surface area contributed by atoms with Crippen LogP contribution in [0.5, 0.6) is 5.88 Å². The molecule has 4 heterocycles. The van der Waals surface area contributed by atoms with Crippen molar-refractivity contribution in [1.29, 1.82) is 0 Å². The minimum absolute atomic E-state index is 0.0131. The van der Waals surface area contributed by atoms with Gasteiger partial charge in [0.25, 0.3) is 11.8 Å². The molecule has 3 aromatic rings. The highest BCUT2D eigenvalue weighted by molar-refractivity contribution is 6.01. The van der Waals surface area contributed by atoms with Gasteiger partial charge in [0, 0.05) is 36.0 Å². The number of pyridine rings is 2. The number of fused-ring (bicyclic) bond motifs is 1. The number of alkyl halides is 2. The maximum absolute atomic E-state index is 13.1. The van der Waals surface area contributed by atoms with Crippen LogP contribution in [0.15, 0.2) is 41.6 Å². The van der Waals surface area contributed by atoms with Crippen LogP contribution < -0.4 is 10.1 Å². The first-order valence-corrected chi connectivity index (χ1v) is 10.6. The van der Waals surface area contributed by atoms with Gasteiger partial charge in [-0.15, -0.1) is 0 Å². The van der Waals surface area contributed by atoms with E-state index in [0.29, 0.717) is 28.2 Å². The van der Waals surface area contributed by atoms with Gasteiger partial charge < -0.3 is 19.4 Å². The Balaban J connectivity index is 1.49. The summed E-state index contributed by atoms with van der Waals surface area (Å²) in [5.74, 6) is -3.07. The van der Waals surface area contributed by atoms with Crippen LogP contribution in [0.3, 0.4) is 0 Å². The summed E-state index contributed by atoms with van der Waals surface area (Å²) < 4.78 is 36.2. The van der Waals surface area contributed by atoms with E-state index in [0.717, 1.165) is 12.5 Å². The Hall–Kier alpha value is -3.89. The molecule has 0 spiro atoms. The number of aromatic nitrogens is 3. The Bertz CT molecular complexity index is 1210. The molecule has 0 aromatic carbocycles. The van der Waals surface area contributed by atoms with Crippen LogP contribution in [0.25, 0.3) is 0 Å². The molecule has 0 saturated heterocycles. The van der Waals surface area contributed by atoms with Crippen molar-refractivity contribution in [2.24, 2.45) is 0 Å². The first-order chi connectivity index (χ1) is 16.1. The molecule has 0 saturated carbocycles. The largest absolute Gasteiger partial charge is 0.471 e. The Morgan fingerprint density at radius 1 is 1.35 bits per heavy atom. The molecule has 9 nitrogen and oxygen atoms in total. The van der Waals surface area contributed by atoms with E-state index in [1.807, 2.05) is 6.92 Å². The Kier molecular flexibility index (Phi) is 6.27. The molecule has 1 aliphatic rings. The second-order valence-corrected chi connectivity index (χ2v) is 8.25. The van der Waals surface area contributed by atoms with Crippen LogP contribution >= 0.6 is 0 Å². The van der Waals surface area contributed by atoms with Gasteiger partial charge in [-0.2, -0.15) is 0 Å². The highest BCUT2D eigenvalue weighted by atomic mass is 19.3. The fraction of sp³-hybridized carbons (Fsp3) is 0.348. The zero-order valence-corrected chi connectivity index (χ0v) is 18.8. The van der Waals surface area contributed by atoms with Crippen LogP contribution in [-0.4, -0.2) is 44.2 Å². The molecule has 1 N–H and O–H groups in total. The number of nitrogens with one attached hydrogen (secondary N) is 1. The van der Waals surface area contributed by atoms with Gasteiger partial charge in [0.1, 0.15) is 12.1 Å². The lowest BCUT2D eigenvalue weighted by Crippen LogP contribution is -2.27. The second kappa shape index (κ2) is 9.16. The van der Waals surface area contributed by atoms with Crippen molar-refractivity contribution in [2.75, 3.05) is 11.9 Å². The number of carbonyl (C=O) groups is 2. The smallest absolute Gasteiger partial charge is 0.278 e. The summed E-state index contributed by atoms with van der Waals surface area (Å²) in [4.78, 5) is 39.5. The normalized spacial score (nSPS) is 14.1. The SMILES string of the molecule is Cc1cc(C(C)N2Cc3c(ccnc3NC(=O)Cc3cocn3)C2=O)cnc1OCC(C)(F)F. The third-order valence-corrected chi connectivity index (χ3v) is 5.42. The number of oxazole rings is 1. The third kappa shape index (κ3) is 5.03. The van der Waals surface area contributed by atoms with Crippen molar-refractivity contribution < 1.29 is 27.5 Å². The number of hydrogen-bond acceptors (Lipinski definition) is 7. The summed E-state index contributed by atoms with van der Waals surface area (Å²) in [7, 11) is 0. The average molecular weight is 471 g/mol. The number of ether oxygens (including phenoxy) is 1. The standard InChI is InChI=1S/C23H23F2N5O4/c1-13-6-15(8-27-21(13)34-11-23(3,24)25)14(2)30-9-18-17(22(30)32)4-5-26-20(18)29-19(31)7-16-10-33-12-28-16/h4-6,8,10,12,14H,7,9,11H2,1-3H3,(H,26,29,31). The minimum Gasteiger partial charge on any atom is -0.471 e. The van der Waals surface area contributed by atoms with Crippen molar-refractivity contribution in [1.82, 2.24) is 19.9 Å². The summed E-state index contributed by atoms with van der Waals surface area (Å²) in [6.45, 7) is 3.79. The number of carbonyl (C=O) groups excluding carboxylic acids is 2. The number of anilines is 1. The first-order valence-electron chi connectivity index (χ1n) is 10.6. The van der Waals surface area contributed by atoms with Crippen LogP contribution in [0.4, 0.5) is 14.6 Å². The van der Waals surface area contributed by atoms with Crippen molar-refractivity contribution in [3.05, 3.63) is 65.1 Å². The summed E-state index contributed by atoms with van der Waals surface area (Å²) in [6.07, 6.45) is 5.62. The maximum atomic E-state index is 13.1. The second-order valence-electron chi connectivity index (χ2n) is 8.25. The van der Waals surface area contributed by atoms with Crippen LogP contribution in [0.2, 0.25) is 0 Å². The van der Waals surface area contributed by atoms with E-state index >= 15 is 0 Å². The number of rotatable bonds is 8. The molecule has 178 valence electrons. The lowest BCUT2D eigenvalue weighted by atomic mass is 10.1. The predicted octanol–water partition coefficient (Wildman–Crippen LogP) is 3.71. The molecule has 1 unspecified atom stereocenters. The average Bonchev–Trinajstić information content (AvgIpc) is 3.40. The molecule has 0 bridgehead atoms. The number of nitrogens with zero attached hydrogens (tertiary/aromatic N) is 4. The lowest BCUT2D eigenvalue weighted by molar-refractivity contribution is -0.115. The van der Waals surface area contributed by atoms with E-state index < -0.39 is 12.5 Å². The van der Waals surface area contributed by atoms with Gasteiger partial charge in [-0.25, -0.2) is 23.7 Å². The minimum atomic E-state index is -2.97. The topological polar surface area (TPSA) is 110 Å². The zero-order chi connectivity index (χ0) is 24.5. The van der Waals surface area contributed by atoms with Crippen molar-refractivity contribution in [2.45, 2.75) is 45.7 Å². The molecule has 0 radical (unpaired) electrons. The molecule has 11 heteroatoms. The Labute approximate surface area is 194 Å². The molecule has 34 heavy (non-hydrogen) atoms. The van der Waals surface area contributed by atoms with E-state index in [-0.39, 0.29) is 36.7 Å². The number of halogens is 2. The lowest BCUT2D eigenvalue weighted by Gasteiger charge is -2.25. The quantitative estimate of drug-likeness (QED) is 0.533. The summed E-state index contributed by atoms with van der Waals surface area (Å²) in [5.41, 5.74) is 2.85. The van der Waals surface area contributed by atoms with E-state index in [1.54, 1.807) is 24.0 Å². The summed E-state index contributed by atoms with van der Waals surface area (Å²) >= 11 is 0. The maximum Gasteiger partial charge on any atom is 0.278 e. The predicted molar refractivity (Wildman–Crippen MR) is 116 cm³/mol. The van der Waals surface area contributed by atoms with Gasteiger partial charge in [0.15, 0.2) is 13.0 Å². The van der Waals surface area contributed by atoms with Crippen LogP contribution in [-0.2, 0) is 17.8 Å². The van der Waals surface area contributed by atoms with Gasteiger partial charge in [0.2, 0.25) is 11.8 Å². The van der Waals surface area contributed by atoms with E-state index in [1.165, 1.54) is 25.1 Å². The number of amides is 2. The van der Waals surface area contributed by atoms with Crippen LogP contribution in [0.1, 0.15) is 52.6 Å². The number of aryl methyl sites for hydroxylation is 1. The van der Waals surface area contributed by atoms with Gasteiger partial charge in [-0.1, -0.05) is 0 Å². The third-order valence-electron chi connectivity index (χ3n) is 5.42. The molecule has 4 rings (SSSR count). The van der Waals surface area contributed by atoms with Crippen molar-refractivity contribution in [3.63, 3.8) is 0 Å². The van der Waals surface area contributed by atoms with Gasteiger partial charge in [-0.05, 0) is 31.5 Å². The van der Waals surface area contributed by atoms with Gasteiger partial charge in [-0.3, -0.25) is 9.59 Å². The molecule has 1 aliphatic heterocycles. The summed E-state index contributed by atoms with van der Waals surface area (Å²) in [6, 6.07) is 3.00. The molecule has 0 aliphatic carbocycles. The molecule has 2 amide bonds. The highest BCUT2D eigenvalue weighted by Gasteiger charge is 2.34. The van der Waals surface area contributed by atoms with Gasteiger partial charge >= 0.3 is 0 Å². The first kappa shape index (κ1) is 23.3. The van der Waals surface area contributed by atoms with Crippen molar-refractivity contribution >= 4 is 17.6 Å². The monoisotopic (exact) mass is 471 g/mol. The molecule has 0 fully saturated rings.